The Labute approximate surface area is 240 Å². The van der Waals surface area contributed by atoms with E-state index in [1.54, 1.807) is 0 Å². The Morgan fingerprint density at radius 2 is 0.763 bits per heavy atom. The standard InChI is InChI=1S/C33H69NO3S/c1-6-9-11-13-15-17-19-21-23-25-27-29-31(4)34(33(8-3)38(35,36)37)32(5)30-28-26-24-22-20-18-16-14-12-10-7-2/h31-33H,6-30H2,1-5H3,(H,35,36,37). The molecule has 0 rings (SSSR count). The van der Waals surface area contributed by atoms with Crippen LogP contribution in [0, 0.1) is 0 Å². The number of nitrogens with zero attached hydrogens (tertiary/aromatic N) is 1. The molecule has 38 heavy (non-hydrogen) atoms. The van der Waals surface area contributed by atoms with E-state index >= 15 is 0 Å². The average Bonchev–Trinajstić information content (AvgIpc) is 2.87. The molecular formula is C33H69NO3S. The maximum absolute atomic E-state index is 12.2. The zero-order chi connectivity index (χ0) is 28.5. The molecule has 3 atom stereocenters. The second-order valence-electron chi connectivity index (χ2n) is 12.2. The van der Waals surface area contributed by atoms with Crippen LogP contribution < -0.4 is 0 Å². The topological polar surface area (TPSA) is 57.6 Å². The highest BCUT2D eigenvalue weighted by atomic mass is 32.2. The Kier molecular flexibility index (Phi) is 25.7. The lowest BCUT2D eigenvalue weighted by atomic mass is 10.0. The number of unbranched alkanes of at least 4 members (excludes halogenated alkanes) is 20. The summed E-state index contributed by atoms with van der Waals surface area (Å²) in [6, 6.07) is 0.339. The van der Waals surface area contributed by atoms with Gasteiger partial charge in [-0.15, -0.1) is 0 Å². The van der Waals surface area contributed by atoms with Crippen molar-refractivity contribution in [2.75, 3.05) is 0 Å². The zero-order valence-electron chi connectivity index (χ0n) is 26.5. The first-order valence-corrected chi connectivity index (χ1v) is 18.5. The molecule has 0 amide bonds. The van der Waals surface area contributed by atoms with Crippen LogP contribution in [0.15, 0.2) is 0 Å². The van der Waals surface area contributed by atoms with Crippen LogP contribution in [0.2, 0.25) is 0 Å². The van der Waals surface area contributed by atoms with Gasteiger partial charge in [-0.2, -0.15) is 8.42 Å². The fraction of sp³-hybridized carbons (Fsp3) is 1.00. The molecule has 0 aliphatic rings. The van der Waals surface area contributed by atoms with E-state index in [-0.39, 0.29) is 12.1 Å². The summed E-state index contributed by atoms with van der Waals surface area (Å²) in [5.41, 5.74) is 0. The molecule has 0 aromatic heterocycles. The van der Waals surface area contributed by atoms with E-state index in [0.29, 0.717) is 6.42 Å². The van der Waals surface area contributed by atoms with Crippen molar-refractivity contribution in [1.29, 1.82) is 0 Å². The second-order valence-corrected chi connectivity index (χ2v) is 13.7. The molecule has 5 heteroatoms. The third kappa shape index (κ3) is 20.7. The van der Waals surface area contributed by atoms with Gasteiger partial charge >= 0.3 is 0 Å². The smallest absolute Gasteiger partial charge is 0.281 e. The van der Waals surface area contributed by atoms with Crippen LogP contribution in [0.1, 0.15) is 195 Å². The summed E-state index contributed by atoms with van der Waals surface area (Å²) in [5, 5.41) is -0.784. The minimum atomic E-state index is -4.09. The lowest BCUT2D eigenvalue weighted by molar-refractivity contribution is 0.110. The molecular weight excluding hydrogens is 490 g/mol. The van der Waals surface area contributed by atoms with E-state index in [0.717, 1.165) is 25.7 Å². The Bertz CT molecular complexity index is 563. The van der Waals surface area contributed by atoms with Gasteiger partial charge < -0.3 is 0 Å². The molecule has 0 radical (unpaired) electrons. The summed E-state index contributed by atoms with van der Waals surface area (Å²) in [4.78, 5) is 2.13. The van der Waals surface area contributed by atoms with Crippen LogP contribution in [0.3, 0.4) is 0 Å². The molecule has 0 spiro atoms. The third-order valence-electron chi connectivity index (χ3n) is 8.49. The summed E-state index contributed by atoms with van der Waals surface area (Å²) >= 11 is 0. The fourth-order valence-corrected chi connectivity index (χ4v) is 7.23. The Morgan fingerprint density at radius 1 is 0.500 bits per heavy atom. The number of hydrogen-bond donors (Lipinski definition) is 1. The van der Waals surface area contributed by atoms with Crippen molar-refractivity contribution in [3.05, 3.63) is 0 Å². The minimum absolute atomic E-state index is 0.170. The van der Waals surface area contributed by atoms with E-state index < -0.39 is 15.5 Å². The van der Waals surface area contributed by atoms with Crippen molar-refractivity contribution < 1.29 is 13.0 Å². The Hall–Kier alpha value is -0.130. The van der Waals surface area contributed by atoms with Gasteiger partial charge in [0.15, 0.2) is 0 Å². The molecule has 3 unspecified atom stereocenters. The van der Waals surface area contributed by atoms with E-state index in [1.165, 1.54) is 128 Å². The van der Waals surface area contributed by atoms with Crippen LogP contribution in [-0.4, -0.2) is 35.3 Å². The van der Waals surface area contributed by atoms with Crippen molar-refractivity contribution in [1.82, 2.24) is 4.90 Å². The second kappa shape index (κ2) is 25.8. The van der Waals surface area contributed by atoms with Crippen LogP contribution in [-0.2, 0) is 10.1 Å². The minimum Gasteiger partial charge on any atom is -0.284 e. The molecule has 0 aromatic rings. The number of hydrogen-bond acceptors (Lipinski definition) is 3. The van der Waals surface area contributed by atoms with Gasteiger partial charge in [-0.1, -0.05) is 162 Å². The molecule has 0 bridgehead atoms. The fourth-order valence-electron chi connectivity index (χ4n) is 6.08. The highest BCUT2D eigenvalue weighted by Crippen LogP contribution is 2.25. The van der Waals surface area contributed by atoms with Gasteiger partial charge in [-0.3, -0.25) is 9.45 Å². The summed E-state index contributed by atoms with van der Waals surface area (Å²) in [6.07, 6.45) is 31.6. The molecule has 0 saturated heterocycles. The number of rotatable bonds is 29. The summed E-state index contributed by atoms with van der Waals surface area (Å²) in [6.45, 7) is 10.8. The molecule has 0 aliphatic carbocycles. The van der Waals surface area contributed by atoms with Gasteiger partial charge in [0.05, 0.1) is 0 Å². The maximum atomic E-state index is 12.2. The molecule has 0 heterocycles. The first-order chi connectivity index (χ1) is 18.3. The monoisotopic (exact) mass is 559 g/mol. The van der Waals surface area contributed by atoms with Gasteiger partial charge in [-0.05, 0) is 33.1 Å². The van der Waals surface area contributed by atoms with Crippen molar-refractivity contribution in [3.63, 3.8) is 0 Å². The van der Waals surface area contributed by atoms with Gasteiger partial charge in [0.1, 0.15) is 5.37 Å². The van der Waals surface area contributed by atoms with Crippen LogP contribution in [0.4, 0.5) is 0 Å². The van der Waals surface area contributed by atoms with Crippen molar-refractivity contribution in [2.24, 2.45) is 0 Å². The lowest BCUT2D eigenvalue weighted by Gasteiger charge is -2.39. The van der Waals surface area contributed by atoms with E-state index in [4.69, 9.17) is 0 Å². The highest BCUT2D eigenvalue weighted by Gasteiger charge is 2.34. The molecule has 1 N–H and O–H groups in total. The zero-order valence-corrected chi connectivity index (χ0v) is 27.3. The molecule has 0 saturated carbocycles. The summed E-state index contributed by atoms with van der Waals surface area (Å²) in [5.74, 6) is 0. The SMILES string of the molecule is CCCCCCCCCCCCCC(C)N(C(C)CCCCCCCCCCCCC)C(CC)S(=O)(=O)O. The Morgan fingerprint density at radius 3 is 1.00 bits per heavy atom. The predicted molar refractivity (Wildman–Crippen MR) is 169 cm³/mol. The van der Waals surface area contributed by atoms with Crippen LogP contribution in [0.5, 0.6) is 0 Å². The third-order valence-corrected chi connectivity index (χ3v) is 9.76. The van der Waals surface area contributed by atoms with Crippen molar-refractivity contribution in [3.8, 4) is 0 Å². The van der Waals surface area contributed by atoms with E-state index in [9.17, 15) is 13.0 Å². The van der Waals surface area contributed by atoms with Gasteiger partial charge in [0.25, 0.3) is 10.1 Å². The van der Waals surface area contributed by atoms with E-state index in [1.807, 2.05) is 6.92 Å². The van der Waals surface area contributed by atoms with E-state index in [2.05, 4.69) is 32.6 Å². The first kappa shape index (κ1) is 37.9. The quantitative estimate of drug-likeness (QED) is 0.0731. The van der Waals surface area contributed by atoms with Crippen LogP contribution >= 0.6 is 0 Å². The maximum Gasteiger partial charge on any atom is 0.281 e. The highest BCUT2D eigenvalue weighted by molar-refractivity contribution is 7.86. The molecule has 0 fully saturated rings. The average molecular weight is 560 g/mol. The Balaban J connectivity index is 4.32. The van der Waals surface area contributed by atoms with Gasteiger partial charge in [0.2, 0.25) is 0 Å². The largest absolute Gasteiger partial charge is 0.284 e. The molecule has 230 valence electrons. The van der Waals surface area contributed by atoms with Crippen molar-refractivity contribution >= 4 is 10.1 Å². The molecule has 0 aromatic carbocycles. The van der Waals surface area contributed by atoms with Crippen molar-refractivity contribution in [2.45, 2.75) is 213 Å². The van der Waals surface area contributed by atoms with Crippen LogP contribution in [0.25, 0.3) is 0 Å². The summed E-state index contributed by atoms with van der Waals surface area (Å²) in [7, 11) is -4.09. The van der Waals surface area contributed by atoms with Gasteiger partial charge in [-0.25, -0.2) is 0 Å². The summed E-state index contributed by atoms with van der Waals surface area (Å²) < 4.78 is 34.5. The molecule has 4 nitrogen and oxygen atoms in total. The first-order valence-electron chi connectivity index (χ1n) is 17.0. The van der Waals surface area contributed by atoms with Gasteiger partial charge in [0, 0.05) is 12.1 Å². The molecule has 0 aliphatic heterocycles. The normalized spacial score (nSPS) is 14.7. The predicted octanol–water partition coefficient (Wildman–Crippen LogP) is 11.1. The lowest BCUT2D eigenvalue weighted by Crippen LogP contribution is -2.50.